The van der Waals surface area contributed by atoms with Crippen molar-refractivity contribution in [2.24, 2.45) is 0 Å². The number of ether oxygens (including phenoxy) is 1. The average molecular weight is 333 g/mol. The molecule has 0 radical (unpaired) electrons. The van der Waals surface area contributed by atoms with Gasteiger partial charge in [0.15, 0.2) is 0 Å². The van der Waals surface area contributed by atoms with E-state index in [1.165, 1.54) is 12.8 Å². The summed E-state index contributed by atoms with van der Waals surface area (Å²) >= 11 is 11.9. The molecule has 0 amide bonds. The lowest BCUT2D eigenvalue weighted by Gasteiger charge is -2.24. The Morgan fingerprint density at radius 3 is 2.86 bits per heavy atom. The molecule has 0 aliphatic carbocycles. The lowest BCUT2D eigenvalue weighted by atomic mass is 10.2. The van der Waals surface area contributed by atoms with Gasteiger partial charge in [0.05, 0.1) is 11.6 Å². The summed E-state index contributed by atoms with van der Waals surface area (Å²) in [7, 11) is 0. The van der Waals surface area contributed by atoms with Crippen LogP contribution in [0.2, 0.25) is 10.0 Å². The summed E-state index contributed by atoms with van der Waals surface area (Å²) in [5.74, 6) is 0.643. The molecule has 0 spiro atoms. The van der Waals surface area contributed by atoms with Gasteiger partial charge in [0, 0.05) is 30.7 Å². The Kier molecular flexibility index (Phi) is 7.07. The number of hydrogen-bond donors (Lipinski definition) is 2. The number of rotatable bonds is 8. The summed E-state index contributed by atoms with van der Waals surface area (Å²) in [6.07, 6.45) is 2.43. The molecule has 1 atom stereocenters. The summed E-state index contributed by atoms with van der Waals surface area (Å²) in [6.45, 7) is 4.16. The minimum Gasteiger partial charge on any atom is -0.491 e. The largest absolute Gasteiger partial charge is 0.491 e. The second-order valence-corrected chi connectivity index (χ2v) is 6.08. The SMILES string of the molecule is OCCN(CCOc1ccc(Cl)cc1Cl)CC1CCCN1. The quantitative estimate of drug-likeness (QED) is 0.767. The van der Waals surface area contributed by atoms with Crippen molar-refractivity contribution in [3.8, 4) is 5.75 Å². The van der Waals surface area contributed by atoms with Crippen molar-refractivity contribution in [3.63, 3.8) is 0 Å². The molecule has 0 bridgehead atoms. The summed E-state index contributed by atoms with van der Waals surface area (Å²) in [4.78, 5) is 2.22. The molecule has 2 N–H and O–H groups in total. The molecule has 1 aliphatic heterocycles. The minimum absolute atomic E-state index is 0.161. The van der Waals surface area contributed by atoms with Crippen molar-refractivity contribution in [2.45, 2.75) is 18.9 Å². The topological polar surface area (TPSA) is 44.7 Å². The zero-order valence-corrected chi connectivity index (χ0v) is 13.5. The Bertz CT molecular complexity index is 440. The normalized spacial score (nSPS) is 18.4. The van der Waals surface area contributed by atoms with Crippen LogP contribution in [0, 0.1) is 0 Å². The van der Waals surface area contributed by atoms with E-state index >= 15 is 0 Å². The molecule has 6 heteroatoms. The Labute approximate surface area is 136 Å². The molecule has 1 unspecified atom stereocenters. The molecule has 0 saturated carbocycles. The van der Waals surface area contributed by atoms with Gasteiger partial charge in [0.2, 0.25) is 0 Å². The van der Waals surface area contributed by atoms with E-state index in [1.807, 2.05) is 0 Å². The van der Waals surface area contributed by atoms with Crippen molar-refractivity contribution >= 4 is 23.2 Å². The van der Waals surface area contributed by atoms with Crippen molar-refractivity contribution < 1.29 is 9.84 Å². The van der Waals surface area contributed by atoms with Gasteiger partial charge in [-0.1, -0.05) is 23.2 Å². The van der Waals surface area contributed by atoms with Crippen LogP contribution in [0.1, 0.15) is 12.8 Å². The lowest BCUT2D eigenvalue weighted by molar-refractivity contribution is 0.159. The van der Waals surface area contributed by atoms with Gasteiger partial charge in [-0.3, -0.25) is 4.90 Å². The first-order chi connectivity index (χ1) is 10.2. The Morgan fingerprint density at radius 2 is 2.19 bits per heavy atom. The van der Waals surface area contributed by atoms with Crippen LogP contribution in [-0.4, -0.2) is 55.4 Å². The van der Waals surface area contributed by atoms with Gasteiger partial charge >= 0.3 is 0 Å². The lowest BCUT2D eigenvalue weighted by Crippen LogP contribution is -2.40. The van der Waals surface area contributed by atoms with Crippen LogP contribution >= 0.6 is 23.2 Å². The molecule has 1 aliphatic rings. The third kappa shape index (κ3) is 5.64. The van der Waals surface area contributed by atoms with E-state index in [2.05, 4.69) is 10.2 Å². The van der Waals surface area contributed by atoms with Crippen LogP contribution in [0.25, 0.3) is 0 Å². The van der Waals surface area contributed by atoms with Crippen LogP contribution in [0.15, 0.2) is 18.2 Å². The number of benzene rings is 1. The summed E-state index contributed by atoms with van der Waals surface area (Å²) in [6, 6.07) is 5.73. The Hall–Kier alpha value is -0.520. The number of hydrogen-bond acceptors (Lipinski definition) is 4. The first kappa shape index (κ1) is 16.8. The molecule has 1 saturated heterocycles. The zero-order chi connectivity index (χ0) is 15.1. The number of aliphatic hydroxyl groups excluding tert-OH is 1. The highest BCUT2D eigenvalue weighted by atomic mass is 35.5. The fourth-order valence-electron chi connectivity index (χ4n) is 2.54. The molecule has 1 aromatic carbocycles. The molecule has 1 aromatic rings. The summed E-state index contributed by atoms with van der Waals surface area (Å²) < 4.78 is 5.70. The molecule has 118 valence electrons. The third-order valence-corrected chi connectivity index (χ3v) is 4.15. The summed E-state index contributed by atoms with van der Waals surface area (Å²) in [5.41, 5.74) is 0. The van der Waals surface area contributed by atoms with Crippen molar-refractivity contribution in [2.75, 3.05) is 39.4 Å². The molecular formula is C15H22Cl2N2O2. The van der Waals surface area contributed by atoms with Gasteiger partial charge in [0.25, 0.3) is 0 Å². The van der Waals surface area contributed by atoms with E-state index in [9.17, 15) is 0 Å². The van der Waals surface area contributed by atoms with E-state index in [-0.39, 0.29) is 6.61 Å². The number of halogens is 2. The van der Waals surface area contributed by atoms with Crippen LogP contribution in [0.5, 0.6) is 5.75 Å². The average Bonchev–Trinajstić information content (AvgIpc) is 2.94. The first-order valence-electron chi connectivity index (χ1n) is 7.33. The van der Waals surface area contributed by atoms with Gasteiger partial charge in [-0.2, -0.15) is 0 Å². The standard InChI is InChI=1S/C15H22Cl2N2O2/c16-12-3-4-15(14(17)10-12)21-9-7-19(6-8-20)11-13-2-1-5-18-13/h3-4,10,13,18,20H,1-2,5-9,11H2. The molecule has 2 rings (SSSR count). The molecule has 1 fully saturated rings. The maximum atomic E-state index is 9.16. The fraction of sp³-hybridized carbons (Fsp3) is 0.600. The van der Waals surface area contributed by atoms with E-state index in [1.54, 1.807) is 18.2 Å². The first-order valence-corrected chi connectivity index (χ1v) is 8.09. The van der Waals surface area contributed by atoms with Gasteiger partial charge in [-0.15, -0.1) is 0 Å². The second kappa shape index (κ2) is 8.81. The van der Waals surface area contributed by atoms with Crippen LogP contribution in [-0.2, 0) is 0 Å². The fourth-order valence-corrected chi connectivity index (χ4v) is 3.00. The highest BCUT2D eigenvalue weighted by molar-refractivity contribution is 6.35. The van der Waals surface area contributed by atoms with Gasteiger partial charge in [0.1, 0.15) is 12.4 Å². The van der Waals surface area contributed by atoms with Crippen molar-refractivity contribution in [3.05, 3.63) is 28.2 Å². The Morgan fingerprint density at radius 1 is 1.33 bits per heavy atom. The predicted molar refractivity (Wildman–Crippen MR) is 86.5 cm³/mol. The van der Waals surface area contributed by atoms with Crippen molar-refractivity contribution in [1.29, 1.82) is 0 Å². The van der Waals surface area contributed by atoms with Gasteiger partial charge in [-0.05, 0) is 37.6 Å². The van der Waals surface area contributed by atoms with Gasteiger partial charge in [-0.25, -0.2) is 0 Å². The summed E-state index contributed by atoms with van der Waals surface area (Å²) in [5, 5.41) is 13.8. The number of aliphatic hydroxyl groups is 1. The predicted octanol–water partition coefficient (Wildman–Crippen LogP) is 2.42. The molecule has 1 heterocycles. The highest BCUT2D eigenvalue weighted by Crippen LogP contribution is 2.27. The maximum absolute atomic E-state index is 9.16. The third-order valence-electron chi connectivity index (χ3n) is 3.62. The van der Waals surface area contributed by atoms with Crippen molar-refractivity contribution in [1.82, 2.24) is 10.2 Å². The van der Waals surface area contributed by atoms with E-state index < -0.39 is 0 Å². The number of nitrogens with zero attached hydrogens (tertiary/aromatic N) is 1. The van der Waals surface area contributed by atoms with Gasteiger partial charge < -0.3 is 15.2 Å². The van der Waals surface area contributed by atoms with E-state index in [4.69, 9.17) is 33.0 Å². The minimum atomic E-state index is 0.161. The van der Waals surface area contributed by atoms with Crippen LogP contribution in [0.4, 0.5) is 0 Å². The van der Waals surface area contributed by atoms with E-state index in [0.717, 1.165) is 19.6 Å². The number of nitrogens with one attached hydrogen (secondary N) is 1. The second-order valence-electron chi connectivity index (χ2n) is 5.24. The molecule has 21 heavy (non-hydrogen) atoms. The molecular weight excluding hydrogens is 311 g/mol. The zero-order valence-electron chi connectivity index (χ0n) is 12.0. The monoisotopic (exact) mass is 332 g/mol. The maximum Gasteiger partial charge on any atom is 0.138 e. The smallest absolute Gasteiger partial charge is 0.138 e. The highest BCUT2D eigenvalue weighted by Gasteiger charge is 2.17. The van der Waals surface area contributed by atoms with E-state index in [0.29, 0.717) is 35.0 Å². The Balaban J connectivity index is 1.78. The van der Waals surface area contributed by atoms with Crippen LogP contribution < -0.4 is 10.1 Å². The van der Waals surface area contributed by atoms with Crippen LogP contribution in [0.3, 0.4) is 0 Å². The molecule has 0 aromatic heterocycles. The molecule has 4 nitrogen and oxygen atoms in total.